The molecule has 3 saturated carbocycles. The van der Waals surface area contributed by atoms with Gasteiger partial charge in [-0.1, -0.05) is 39.7 Å². The van der Waals surface area contributed by atoms with Crippen molar-refractivity contribution in [3.05, 3.63) is 11.6 Å². The van der Waals surface area contributed by atoms with Crippen molar-refractivity contribution >= 4 is 11.8 Å². The Kier molecular flexibility index (Phi) is 6.21. The minimum atomic E-state index is 0.0213. The van der Waals surface area contributed by atoms with Gasteiger partial charge in [-0.2, -0.15) is 0 Å². The molecule has 3 nitrogen and oxygen atoms in total. The predicted molar refractivity (Wildman–Crippen MR) is 120 cm³/mol. The van der Waals surface area contributed by atoms with E-state index in [0.717, 1.165) is 55.9 Å². The van der Waals surface area contributed by atoms with E-state index in [0.29, 0.717) is 29.5 Å². The second kappa shape index (κ2) is 8.43. The molecule has 3 heteroatoms. The van der Waals surface area contributed by atoms with Crippen molar-refractivity contribution in [2.75, 3.05) is 0 Å². The fraction of sp³-hybridized carbons (Fsp3) is 0.852. The van der Waals surface area contributed by atoms with E-state index in [1.165, 1.54) is 32.1 Å². The molecule has 168 valence electrons. The second-order valence-electron chi connectivity index (χ2n) is 11.4. The van der Waals surface area contributed by atoms with Gasteiger partial charge in [0.1, 0.15) is 6.10 Å². The van der Waals surface area contributed by atoms with E-state index in [9.17, 15) is 9.59 Å². The molecule has 0 aromatic heterocycles. The van der Waals surface area contributed by atoms with E-state index in [-0.39, 0.29) is 17.5 Å². The van der Waals surface area contributed by atoms with Gasteiger partial charge in [0.2, 0.25) is 0 Å². The van der Waals surface area contributed by atoms with Crippen LogP contribution in [0, 0.1) is 34.5 Å². The molecule has 0 N–H and O–H groups in total. The molecule has 4 aliphatic carbocycles. The molecule has 3 fully saturated rings. The first-order chi connectivity index (χ1) is 14.3. The van der Waals surface area contributed by atoms with Gasteiger partial charge in [-0.05, 0) is 105 Å². The molecular weight excluding hydrogens is 372 g/mol. The molecule has 0 aliphatic heterocycles. The highest BCUT2D eigenvalue weighted by molar-refractivity contribution is 5.95. The Morgan fingerprint density at radius 3 is 2.60 bits per heavy atom. The van der Waals surface area contributed by atoms with Crippen LogP contribution in [0.1, 0.15) is 105 Å². The maximum absolute atomic E-state index is 12.3. The lowest BCUT2D eigenvalue weighted by Crippen LogP contribution is -2.54. The zero-order valence-electron chi connectivity index (χ0n) is 19.7. The SMILES string of the molecule is CCCCCC(=O)OC1CCC2(C)C(CCC3C4CC=C(C(C)=O)C4(C)CCC32)C1. The smallest absolute Gasteiger partial charge is 0.306 e. The van der Waals surface area contributed by atoms with Crippen LogP contribution in [0.5, 0.6) is 0 Å². The van der Waals surface area contributed by atoms with Crippen molar-refractivity contribution in [3.63, 3.8) is 0 Å². The molecule has 4 rings (SSSR count). The minimum Gasteiger partial charge on any atom is -0.462 e. The number of carbonyl (C=O) groups is 2. The summed E-state index contributed by atoms with van der Waals surface area (Å²) >= 11 is 0. The topological polar surface area (TPSA) is 43.4 Å². The summed E-state index contributed by atoms with van der Waals surface area (Å²) in [5.74, 6) is 3.18. The van der Waals surface area contributed by atoms with Crippen LogP contribution in [0.3, 0.4) is 0 Å². The van der Waals surface area contributed by atoms with E-state index in [4.69, 9.17) is 4.74 Å². The molecule has 0 amide bonds. The van der Waals surface area contributed by atoms with Gasteiger partial charge in [-0.25, -0.2) is 0 Å². The second-order valence-corrected chi connectivity index (χ2v) is 11.4. The highest BCUT2D eigenvalue weighted by Gasteiger charge is 2.59. The van der Waals surface area contributed by atoms with Gasteiger partial charge in [0.15, 0.2) is 5.78 Å². The van der Waals surface area contributed by atoms with Gasteiger partial charge in [0.05, 0.1) is 0 Å². The van der Waals surface area contributed by atoms with Gasteiger partial charge in [-0.3, -0.25) is 9.59 Å². The quantitative estimate of drug-likeness (QED) is 0.361. The van der Waals surface area contributed by atoms with Gasteiger partial charge < -0.3 is 4.74 Å². The number of ether oxygens (including phenoxy) is 1. The third kappa shape index (κ3) is 3.69. The van der Waals surface area contributed by atoms with Crippen molar-refractivity contribution < 1.29 is 14.3 Å². The number of hydrogen-bond acceptors (Lipinski definition) is 3. The third-order valence-electron chi connectivity index (χ3n) is 9.86. The molecular formula is C27H42O3. The summed E-state index contributed by atoms with van der Waals surface area (Å²) in [5.41, 5.74) is 1.62. The fourth-order valence-corrected chi connectivity index (χ4v) is 8.20. The molecule has 0 aromatic rings. The van der Waals surface area contributed by atoms with E-state index in [1.54, 1.807) is 6.92 Å². The number of fused-ring (bicyclic) bond motifs is 5. The Hall–Kier alpha value is -1.12. The number of Topliss-reactive ketones (excluding diaryl/α,β-unsaturated/α-hetero) is 1. The number of esters is 1. The maximum Gasteiger partial charge on any atom is 0.306 e. The summed E-state index contributed by atoms with van der Waals surface area (Å²) in [4.78, 5) is 24.5. The lowest BCUT2D eigenvalue weighted by Gasteiger charge is -2.60. The monoisotopic (exact) mass is 414 g/mol. The number of rotatable bonds is 6. The van der Waals surface area contributed by atoms with Crippen molar-refractivity contribution in [2.45, 2.75) is 111 Å². The summed E-state index contributed by atoms with van der Waals surface area (Å²) in [6.07, 6.45) is 15.6. The first kappa shape index (κ1) is 22.1. The van der Waals surface area contributed by atoms with Crippen LogP contribution in [0.25, 0.3) is 0 Å². The van der Waals surface area contributed by atoms with Gasteiger partial charge in [-0.15, -0.1) is 0 Å². The van der Waals surface area contributed by atoms with Crippen LogP contribution in [0.4, 0.5) is 0 Å². The Morgan fingerprint density at radius 1 is 1.07 bits per heavy atom. The number of hydrogen-bond donors (Lipinski definition) is 0. The molecule has 0 bridgehead atoms. The zero-order chi connectivity index (χ0) is 21.5. The molecule has 0 radical (unpaired) electrons. The lowest BCUT2D eigenvalue weighted by molar-refractivity contribution is -0.161. The Bertz CT molecular complexity index is 709. The first-order valence-corrected chi connectivity index (χ1v) is 12.7. The molecule has 4 aliphatic rings. The number of ketones is 1. The van der Waals surface area contributed by atoms with Crippen molar-refractivity contribution in [1.82, 2.24) is 0 Å². The zero-order valence-corrected chi connectivity index (χ0v) is 19.7. The van der Waals surface area contributed by atoms with Crippen molar-refractivity contribution in [1.29, 1.82) is 0 Å². The summed E-state index contributed by atoms with van der Waals surface area (Å²) in [5, 5.41) is 0. The highest BCUT2D eigenvalue weighted by atomic mass is 16.5. The van der Waals surface area contributed by atoms with Crippen LogP contribution < -0.4 is 0 Å². The Labute approximate surface area is 183 Å². The van der Waals surface area contributed by atoms with E-state index in [1.807, 2.05) is 0 Å². The van der Waals surface area contributed by atoms with Gasteiger partial charge >= 0.3 is 5.97 Å². The van der Waals surface area contributed by atoms with E-state index < -0.39 is 0 Å². The fourth-order valence-electron chi connectivity index (χ4n) is 8.20. The highest BCUT2D eigenvalue weighted by Crippen LogP contribution is 2.66. The maximum atomic E-state index is 12.3. The molecule has 0 saturated heterocycles. The van der Waals surface area contributed by atoms with Gasteiger partial charge in [0, 0.05) is 6.42 Å². The largest absolute Gasteiger partial charge is 0.462 e. The standard InChI is InChI=1S/C27H42O3/c1-5-6-7-8-25(29)30-20-13-15-26(3)19(17-20)9-10-21-23-12-11-22(18(2)28)27(23,4)16-14-24(21)26/h11,19-21,23-24H,5-10,12-17H2,1-4H3. The molecule has 7 unspecified atom stereocenters. The summed E-state index contributed by atoms with van der Waals surface area (Å²) in [7, 11) is 0. The Morgan fingerprint density at radius 2 is 1.87 bits per heavy atom. The lowest BCUT2D eigenvalue weighted by atomic mass is 9.44. The van der Waals surface area contributed by atoms with Crippen LogP contribution in [-0.2, 0) is 14.3 Å². The molecule has 0 aromatic carbocycles. The summed E-state index contributed by atoms with van der Waals surface area (Å²) in [6.45, 7) is 8.84. The third-order valence-corrected chi connectivity index (χ3v) is 9.86. The van der Waals surface area contributed by atoms with Crippen molar-refractivity contribution in [3.8, 4) is 0 Å². The van der Waals surface area contributed by atoms with Crippen LogP contribution in [0.15, 0.2) is 11.6 Å². The van der Waals surface area contributed by atoms with Crippen LogP contribution in [0.2, 0.25) is 0 Å². The average molecular weight is 415 g/mol. The average Bonchev–Trinajstić information content (AvgIpc) is 3.06. The number of carbonyl (C=O) groups excluding carboxylic acids is 2. The van der Waals surface area contributed by atoms with Crippen molar-refractivity contribution in [2.24, 2.45) is 34.5 Å². The van der Waals surface area contributed by atoms with Gasteiger partial charge in [0.25, 0.3) is 0 Å². The predicted octanol–water partition coefficient (Wildman–Crippen LogP) is 6.65. The van der Waals surface area contributed by atoms with Crippen LogP contribution in [-0.4, -0.2) is 17.9 Å². The van der Waals surface area contributed by atoms with E-state index in [2.05, 4.69) is 26.8 Å². The summed E-state index contributed by atoms with van der Waals surface area (Å²) < 4.78 is 5.91. The normalized spacial score (nSPS) is 42.5. The molecule has 0 spiro atoms. The number of allylic oxidation sites excluding steroid dienone is 2. The van der Waals surface area contributed by atoms with Crippen LogP contribution >= 0.6 is 0 Å². The van der Waals surface area contributed by atoms with E-state index >= 15 is 0 Å². The number of unbranched alkanes of at least 4 members (excludes halogenated alkanes) is 2. The molecule has 30 heavy (non-hydrogen) atoms. The molecule has 7 atom stereocenters. The summed E-state index contributed by atoms with van der Waals surface area (Å²) in [6, 6.07) is 0. The molecule has 0 heterocycles. The minimum absolute atomic E-state index is 0.0213. The first-order valence-electron chi connectivity index (χ1n) is 12.7. The Balaban J connectivity index is 1.40.